The summed E-state index contributed by atoms with van der Waals surface area (Å²) in [5, 5.41) is 0. The topological polar surface area (TPSA) is 48.1 Å². The standard InChI is InChI=1S/C16H18N2O/c1-11-9-12(5-7-18-11)14-3-2-4-15-13(10-17)6-8-19-16(14)15/h2-5,7,9,13H,6,8,10,17H2,1H3. The molecule has 19 heavy (non-hydrogen) atoms. The summed E-state index contributed by atoms with van der Waals surface area (Å²) in [4.78, 5) is 4.25. The van der Waals surface area contributed by atoms with Gasteiger partial charge in [-0.25, -0.2) is 0 Å². The van der Waals surface area contributed by atoms with Crippen LogP contribution in [0.4, 0.5) is 0 Å². The zero-order chi connectivity index (χ0) is 13.2. The van der Waals surface area contributed by atoms with E-state index in [4.69, 9.17) is 10.5 Å². The molecular weight excluding hydrogens is 236 g/mol. The second-order valence-electron chi connectivity index (χ2n) is 4.98. The first-order chi connectivity index (χ1) is 9.29. The molecule has 0 spiro atoms. The lowest BCUT2D eigenvalue weighted by Gasteiger charge is -2.26. The van der Waals surface area contributed by atoms with Gasteiger partial charge in [-0.05, 0) is 43.1 Å². The molecule has 1 atom stereocenters. The molecule has 1 aromatic carbocycles. The van der Waals surface area contributed by atoms with Crippen LogP contribution in [-0.4, -0.2) is 18.1 Å². The zero-order valence-electron chi connectivity index (χ0n) is 11.1. The maximum absolute atomic E-state index is 5.90. The molecule has 3 nitrogen and oxygen atoms in total. The Labute approximate surface area is 113 Å². The number of nitrogens with two attached hydrogens (primary N) is 1. The smallest absolute Gasteiger partial charge is 0.130 e. The van der Waals surface area contributed by atoms with Gasteiger partial charge in [-0.1, -0.05) is 18.2 Å². The lowest BCUT2D eigenvalue weighted by Crippen LogP contribution is -2.21. The van der Waals surface area contributed by atoms with Crippen molar-refractivity contribution in [3.63, 3.8) is 0 Å². The van der Waals surface area contributed by atoms with E-state index in [1.807, 2.05) is 19.2 Å². The molecule has 0 bridgehead atoms. The van der Waals surface area contributed by atoms with Gasteiger partial charge in [0.25, 0.3) is 0 Å². The molecule has 3 heteroatoms. The minimum atomic E-state index is 0.409. The fourth-order valence-corrected chi connectivity index (χ4v) is 2.68. The average molecular weight is 254 g/mol. The molecule has 0 amide bonds. The zero-order valence-corrected chi connectivity index (χ0v) is 11.1. The van der Waals surface area contributed by atoms with Crippen LogP contribution >= 0.6 is 0 Å². The second-order valence-corrected chi connectivity index (χ2v) is 4.98. The maximum Gasteiger partial charge on any atom is 0.130 e. The van der Waals surface area contributed by atoms with Crippen LogP contribution in [0, 0.1) is 6.92 Å². The number of hydrogen-bond donors (Lipinski definition) is 1. The summed E-state index contributed by atoms with van der Waals surface area (Å²) < 4.78 is 5.90. The fraction of sp³-hybridized carbons (Fsp3) is 0.312. The fourth-order valence-electron chi connectivity index (χ4n) is 2.68. The van der Waals surface area contributed by atoms with Gasteiger partial charge in [0.15, 0.2) is 0 Å². The Morgan fingerprint density at radius 2 is 2.26 bits per heavy atom. The third-order valence-corrected chi connectivity index (χ3v) is 3.69. The van der Waals surface area contributed by atoms with Gasteiger partial charge in [0.1, 0.15) is 5.75 Å². The van der Waals surface area contributed by atoms with Crippen molar-refractivity contribution in [1.29, 1.82) is 0 Å². The Balaban J connectivity index is 2.13. The van der Waals surface area contributed by atoms with Gasteiger partial charge in [-0.15, -0.1) is 0 Å². The molecule has 0 saturated carbocycles. The number of para-hydroxylation sites is 1. The van der Waals surface area contributed by atoms with E-state index < -0.39 is 0 Å². The van der Waals surface area contributed by atoms with E-state index >= 15 is 0 Å². The van der Waals surface area contributed by atoms with Gasteiger partial charge in [0.2, 0.25) is 0 Å². The summed E-state index contributed by atoms with van der Waals surface area (Å²) in [7, 11) is 0. The van der Waals surface area contributed by atoms with Crippen molar-refractivity contribution in [2.45, 2.75) is 19.3 Å². The van der Waals surface area contributed by atoms with Crippen molar-refractivity contribution >= 4 is 0 Å². The molecular formula is C16H18N2O. The summed E-state index contributed by atoms with van der Waals surface area (Å²) in [6.45, 7) is 3.42. The van der Waals surface area contributed by atoms with Crippen LogP contribution in [0.15, 0.2) is 36.5 Å². The van der Waals surface area contributed by atoms with E-state index in [9.17, 15) is 0 Å². The number of hydrogen-bond acceptors (Lipinski definition) is 3. The highest BCUT2D eigenvalue weighted by atomic mass is 16.5. The van der Waals surface area contributed by atoms with Gasteiger partial charge in [0, 0.05) is 23.4 Å². The molecule has 1 aliphatic rings. The summed E-state index contributed by atoms with van der Waals surface area (Å²) >= 11 is 0. The van der Waals surface area contributed by atoms with Crippen molar-refractivity contribution in [2.75, 3.05) is 13.2 Å². The SMILES string of the molecule is Cc1cc(-c2cccc3c2OCCC3CN)ccn1. The van der Waals surface area contributed by atoms with Crippen LogP contribution in [-0.2, 0) is 0 Å². The molecule has 2 heterocycles. The highest BCUT2D eigenvalue weighted by molar-refractivity contribution is 5.73. The Kier molecular flexibility index (Phi) is 3.22. The number of aryl methyl sites for hydroxylation is 1. The predicted octanol–water partition coefficient (Wildman–Crippen LogP) is 2.88. The Bertz CT molecular complexity index is 595. The Morgan fingerprint density at radius 3 is 3.05 bits per heavy atom. The second kappa shape index (κ2) is 5.02. The molecule has 1 unspecified atom stereocenters. The number of fused-ring (bicyclic) bond motifs is 1. The van der Waals surface area contributed by atoms with Crippen molar-refractivity contribution in [1.82, 2.24) is 4.98 Å². The van der Waals surface area contributed by atoms with E-state index in [1.165, 1.54) is 5.56 Å². The Hall–Kier alpha value is -1.87. The number of ether oxygens (including phenoxy) is 1. The molecule has 3 rings (SSSR count). The minimum absolute atomic E-state index is 0.409. The van der Waals surface area contributed by atoms with Crippen molar-refractivity contribution in [3.8, 4) is 16.9 Å². The molecule has 98 valence electrons. The van der Waals surface area contributed by atoms with Crippen LogP contribution in [0.2, 0.25) is 0 Å². The lowest BCUT2D eigenvalue weighted by atomic mass is 9.90. The lowest BCUT2D eigenvalue weighted by molar-refractivity contribution is 0.270. The van der Waals surface area contributed by atoms with Crippen molar-refractivity contribution in [3.05, 3.63) is 47.8 Å². The third kappa shape index (κ3) is 2.22. The maximum atomic E-state index is 5.90. The highest BCUT2D eigenvalue weighted by Crippen LogP contribution is 2.40. The number of pyridine rings is 1. The molecule has 0 radical (unpaired) electrons. The first-order valence-electron chi connectivity index (χ1n) is 6.68. The van der Waals surface area contributed by atoms with Crippen molar-refractivity contribution in [2.24, 2.45) is 5.73 Å². The quantitative estimate of drug-likeness (QED) is 0.896. The molecule has 1 aromatic heterocycles. The molecule has 0 fully saturated rings. The van der Waals surface area contributed by atoms with Crippen LogP contribution in [0.3, 0.4) is 0 Å². The third-order valence-electron chi connectivity index (χ3n) is 3.69. The summed E-state index contributed by atoms with van der Waals surface area (Å²) in [6, 6.07) is 10.4. The average Bonchev–Trinajstić information content (AvgIpc) is 2.46. The van der Waals surface area contributed by atoms with Gasteiger partial charge in [0.05, 0.1) is 6.61 Å². The first-order valence-corrected chi connectivity index (χ1v) is 6.68. The van der Waals surface area contributed by atoms with Gasteiger partial charge in [-0.2, -0.15) is 0 Å². The largest absolute Gasteiger partial charge is 0.493 e. The van der Waals surface area contributed by atoms with Gasteiger partial charge < -0.3 is 10.5 Å². The van der Waals surface area contributed by atoms with E-state index in [2.05, 4.69) is 29.2 Å². The van der Waals surface area contributed by atoms with E-state index in [-0.39, 0.29) is 0 Å². The molecule has 1 aliphatic heterocycles. The van der Waals surface area contributed by atoms with Gasteiger partial charge >= 0.3 is 0 Å². The van der Waals surface area contributed by atoms with E-state index in [0.717, 1.165) is 35.6 Å². The first kappa shape index (κ1) is 12.2. The monoisotopic (exact) mass is 254 g/mol. The molecule has 2 aromatic rings. The molecule has 0 saturated heterocycles. The number of nitrogens with zero attached hydrogens (tertiary/aromatic N) is 1. The number of benzene rings is 1. The number of aromatic nitrogens is 1. The van der Waals surface area contributed by atoms with Crippen LogP contribution in [0.5, 0.6) is 5.75 Å². The summed E-state index contributed by atoms with van der Waals surface area (Å²) in [5.41, 5.74) is 10.4. The summed E-state index contributed by atoms with van der Waals surface area (Å²) in [6.07, 6.45) is 2.84. The highest BCUT2D eigenvalue weighted by Gasteiger charge is 2.22. The number of rotatable bonds is 2. The van der Waals surface area contributed by atoms with Crippen molar-refractivity contribution < 1.29 is 4.74 Å². The minimum Gasteiger partial charge on any atom is -0.493 e. The Morgan fingerprint density at radius 1 is 1.37 bits per heavy atom. The van der Waals surface area contributed by atoms with Crippen LogP contribution in [0.25, 0.3) is 11.1 Å². The van der Waals surface area contributed by atoms with E-state index in [1.54, 1.807) is 0 Å². The van der Waals surface area contributed by atoms with Crippen LogP contribution < -0.4 is 10.5 Å². The van der Waals surface area contributed by atoms with Gasteiger partial charge in [-0.3, -0.25) is 4.98 Å². The molecule has 2 N–H and O–H groups in total. The molecule has 0 aliphatic carbocycles. The van der Waals surface area contributed by atoms with Crippen LogP contribution in [0.1, 0.15) is 23.6 Å². The van der Waals surface area contributed by atoms with E-state index in [0.29, 0.717) is 12.5 Å². The normalized spacial score (nSPS) is 17.7. The predicted molar refractivity (Wildman–Crippen MR) is 76.3 cm³/mol. The summed E-state index contributed by atoms with van der Waals surface area (Å²) in [5.74, 6) is 1.40.